The maximum atomic E-state index is 12.9. The Bertz CT molecular complexity index is 1150. The summed E-state index contributed by atoms with van der Waals surface area (Å²) in [5, 5.41) is 17.3. The molecule has 0 saturated carbocycles. The van der Waals surface area contributed by atoms with E-state index in [9.17, 15) is 13.7 Å². The molecule has 0 radical (unpaired) electrons. The van der Waals surface area contributed by atoms with Crippen LogP contribution in [0.15, 0.2) is 29.7 Å². The Balaban J connectivity index is 1.56. The van der Waals surface area contributed by atoms with Crippen molar-refractivity contribution in [2.24, 2.45) is 7.05 Å². The minimum absolute atomic E-state index is 0.0221. The van der Waals surface area contributed by atoms with Gasteiger partial charge in [-0.2, -0.15) is 19.8 Å². The summed E-state index contributed by atoms with van der Waals surface area (Å²) in [5.74, 6) is 0.259. The van der Waals surface area contributed by atoms with Crippen LogP contribution in [0.2, 0.25) is 0 Å². The number of rotatable bonds is 3. The number of pyridine rings is 1. The Morgan fingerprint density at radius 2 is 2.00 bits per heavy atom. The van der Waals surface area contributed by atoms with E-state index < -0.39 is 10.0 Å². The van der Waals surface area contributed by atoms with Gasteiger partial charge in [-0.1, -0.05) is 0 Å². The molecule has 4 heterocycles. The molecule has 4 rings (SSSR count). The summed E-state index contributed by atoms with van der Waals surface area (Å²) < 4.78 is 30.3. The highest BCUT2D eigenvalue weighted by atomic mass is 32.2. The number of hydrogen-bond acceptors (Lipinski definition) is 6. The number of aryl methyl sites for hydroxylation is 2. The zero-order chi connectivity index (χ0) is 19.2. The molecule has 0 aliphatic carbocycles. The van der Waals surface area contributed by atoms with Crippen molar-refractivity contribution in [1.82, 2.24) is 28.7 Å². The molecule has 0 spiro atoms. The van der Waals surface area contributed by atoms with Crippen molar-refractivity contribution in [1.29, 1.82) is 5.26 Å². The van der Waals surface area contributed by atoms with Crippen LogP contribution in [0.5, 0.6) is 0 Å². The summed E-state index contributed by atoms with van der Waals surface area (Å²) in [6.07, 6.45) is 6.18. The van der Waals surface area contributed by atoms with Crippen LogP contribution in [0, 0.1) is 18.3 Å². The van der Waals surface area contributed by atoms with E-state index in [1.165, 1.54) is 27.1 Å². The lowest BCUT2D eigenvalue weighted by atomic mass is 9.89. The van der Waals surface area contributed by atoms with Crippen LogP contribution < -0.4 is 0 Å². The van der Waals surface area contributed by atoms with E-state index in [1.54, 1.807) is 11.6 Å². The number of fused-ring (bicyclic) bond motifs is 1. The lowest BCUT2D eigenvalue weighted by molar-refractivity contribution is 0.318. The number of nitriles is 1. The van der Waals surface area contributed by atoms with Gasteiger partial charge in [0.2, 0.25) is 10.0 Å². The minimum Gasteiger partial charge on any atom is -0.257 e. The van der Waals surface area contributed by atoms with E-state index in [-0.39, 0.29) is 16.5 Å². The molecular formula is C17H19N7O2S. The van der Waals surface area contributed by atoms with E-state index in [0.717, 1.165) is 11.2 Å². The first-order chi connectivity index (χ1) is 12.9. The van der Waals surface area contributed by atoms with Crippen molar-refractivity contribution in [3.05, 3.63) is 41.6 Å². The van der Waals surface area contributed by atoms with E-state index in [2.05, 4.69) is 15.2 Å². The molecule has 10 heteroatoms. The quantitative estimate of drug-likeness (QED) is 0.670. The van der Waals surface area contributed by atoms with Crippen LogP contribution in [0.25, 0.3) is 5.65 Å². The SMILES string of the molecule is Cc1cc2ncnn2cc1C1CCN(S(=O)(=O)c2cnn(C)c2C#N)CC1. The maximum absolute atomic E-state index is 12.9. The first-order valence-electron chi connectivity index (χ1n) is 8.64. The van der Waals surface area contributed by atoms with Crippen LogP contribution >= 0.6 is 0 Å². The van der Waals surface area contributed by atoms with Gasteiger partial charge >= 0.3 is 0 Å². The highest BCUT2D eigenvalue weighted by Gasteiger charge is 2.33. The second kappa shape index (κ2) is 6.44. The van der Waals surface area contributed by atoms with Gasteiger partial charge in [0.25, 0.3) is 0 Å². The molecule has 1 saturated heterocycles. The predicted octanol–water partition coefficient (Wildman–Crippen LogP) is 1.21. The fourth-order valence-corrected chi connectivity index (χ4v) is 5.25. The monoisotopic (exact) mass is 385 g/mol. The van der Waals surface area contributed by atoms with Crippen LogP contribution in [0.1, 0.15) is 35.6 Å². The Kier molecular flexibility index (Phi) is 4.20. The number of sulfonamides is 1. The first-order valence-corrected chi connectivity index (χ1v) is 10.1. The summed E-state index contributed by atoms with van der Waals surface area (Å²) in [5.41, 5.74) is 3.17. The molecule has 1 aliphatic rings. The van der Waals surface area contributed by atoms with Gasteiger partial charge in [-0.25, -0.2) is 17.9 Å². The normalized spacial score (nSPS) is 16.6. The molecule has 0 amide bonds. The molecule has 27 heavy (non-hydrogen) atoms. The molecule has 9 nitrogen and oxygen atoms in total. The average molecular weight is 385 g/mol. The van der Waals surface area contributed by atoms with Crippen molar-refractivity contribution in [2.75, 3.05) is 13.1 Å². The van der Waals surface area contributed by atoms with Gasteiger partial charge in [-0.3, -0.25) is 4.68 Å². The standard InChI is InChI=1S/C17H19N7O2S/c1-12-7-17-19-11-21-24(17)10-14(12)13-3-5-23(6-4-13)27(25,26)16-9-20-22(2)15(16)8-18/h7,9-11,13H,3-6H2,1-2H3. The Labute approximate surface area is 156 Å². The molecule has 140 valence electrons. The summed E-state index contributed by atoms with van der Waals surface area (Å²) in [4.78, 5) is 4.17. The van der Waals surface area contributed by atoms with E-state index in [0.29, 0.717) is 25.9 Å². The third kappa shape index (κ3) is 2.89. The largest absolute Gasteiger partial charge is 0.257 e. The van der Waals surface area contributed by atoms with E-state index >= 15 is 0 Å². The van der Waals surface area contributed by atoms with Gasteiger partial charge in [-0.05, 0) is 42.9 Å². The summed E-state index contributed by atoms with van der Waals surface area (Å²) in [6, 6.07) is 3.92. The average Bonchev–Trinajstić information content (AvgIpc) is 3.26. The first kappa shape index (κ1) is 17.6. The zero-order valence-corrected chi connectivity index (χ0v) is 15.9. The van der Waals surface area contributed by atoms with Gasteiger partial charge in [0.15, 0.2) is 11.3 Å². The van der Waals surface area contributed by atoms with Crippen molar-refractivity contribution in [2.45, 2.75) is 30.6 Å². The van der Waals surface area contributed by atoms with Crippen molar-refractivity contribution >= 4 is 15.7 Å². The molecule has 0 aromatic carbocycles. The highest BCUT2D eigenvalue weighted by molar-refractivity contribution is 7.89. The Morgan fingerprint density at radius 3 is 2.70 bits per heavy atom. The Morgan fingerprint density at radius 1 is 1.26 bits per heavy atom. The second-order valence-corrected chi connectivity index (χ2v) is 8.65. The molecule has 1 fully saturated rings. The summed E-state index contributed by atoms with van der Waals surface area (Å²) in [7, 11) is -2.16. The fraction of sp³-hybridized carbons (Fsp3) is 0.412. The number of aromatic nitrogens is 5. The predicted molar refractivity (Wildman–Crippen MR) is 96.4 cm³/mol. The number of hydrogen-bond donors (Lipinski definition) is 0. The fourth-order valence-electron chi connectivity index (χ4n) is 3.68. The molecule has 0 atom stereocenters. The van der Waals surface area contributed by atoms with Gasteiger partial charge in [0.1, 0.15) is 17.3 Å². The minimum atomic E-state index is -3.73. The topological polar surface area (TPSA) is 109 Å². The molecule has 0 bridgehead atoms. The number of nitrogens with zero attached hydrogens (tertiary/aromatic N) is 7. The molecule has 3 aromatic heterocycles. The second-order valence-electron chi connectivity index (χ2n) is 6.75. The van der Waals surface area contributed by atoms with Gasteiger partial charge in [0, 0.05) is 26.3 Å². The van der Waals surface area contributed by atoms with E-state index in [4.69, 9.17) is 0 Å². The summed E-state index contributed by atoms with van der Waals surface area (Å²) >= 11 is 0. The molecule has 0 N–H and O–H groups in total. The van der Waals surface area contributed by atoms with Crippen molar-refractivity contribution in [3.8, 4) is 6.07 Å². The highest BCUT2D eigenvalue weighted by Crippen LogP contribution is 2.33. The molecule has 3 aromatic rings. The maximum Gasteiger partial charge on any atom is 0.247 e. The van der Waals surface area contributed by atoms with Crippen molar-refractivity contribution < 1.29 is 8.42 Å². The van der Waals surface area contributed by atoms with Crippen molar-refractivity contribution in [3.63, 3.8) is 0 Å². The van der Waals surface area contributed by atoms with Crippen LogP contribution in [-0.4, -0.2) is 50.2 Å². The lowest BCUT2D eigenvalue weighted by Crippen LogP contribution is -2.38. The lowest BCUT2D eigenvalue weighted by Gasteiger charge is -2.31. The zero-order valence-electron chi connectivity index (χ0n) is 15.1. The van der Waals surface area contributed by atoms with Crippen LogP contribution in [0.3, 0.4) is 0 Å². The van der Waals surface area contributed by atoms with Gasteiger partial charge in [0.05, 0.1) is 6.20 Å². The molecule has 1 aliphatic heterocycles. The van der Waals surface area contributed by atoms with Crippen LogP contribution in [-0.2, 0) is 17.1 Å². The Hall–Kier alpha value is -2.77. The third-order valence-electron chi connectivity index (χ3n) is 5.19. The van der Waals surface area contributed by atoms with Gasteiger partial charge < -0.3 is 0 Å². The molecular weight excluding hydrogens is 366 g/mol. The third-order valence-corrected chi connectivity index (χ3v) is 7.09. The summed E-state index contributed by atoms with van der Waals surface area (Å²) in [6.45, 7) is 2.85. The van der Waals surface area contributed by atoms with Crippen LogP contribution in [0.4, 0.5) is 0 Å². The molecule has 0 unspecified atom stereocenters. The smallest absolute Gasteiger partial charge is 0.247 e. The van der Waals surface area contributed by atoms with E-state index in [1.807, 2.05) is 25.3 Å². The number of piperidine rings is 1. The van der Waals surface area contributed by atoms with Gasteiger partial charge in [-0.15, -0.1) is 0 Å².